The Bertz CT molecular complexity index is 879. The Morgan fingerprint density at radius 2 is 1.84 bits per heavy atom. The van der Waals surface area contributed by atoms with Crippen molar-refractivity contribution in [3.8, 4) is 5.75 Å². The summed E-state index contributed by atoms with van der Waals surface area (Å²) in [6.07, 6.45) is 3.32. The minimum atomic E-state index is -0.605. The Balaban J connectivity index is 0.000000506. The molecule has 1 saturated heterocycles. The summed E-state index contributed by atoms with van der Waals surface area (Å²) < 4.78 is 18.6. The molecule has 3 N–H and O–H groups in total. The highest BCUT2D eigenvalue weighted by Gasteiger charge is 2.18. The van der Waals surface area contributed by atoms with E-state index in [0.29, 0.717) is 29.4 Å². The van der Waals surface area contributed by atoms with Gasteiger partial charge in [0.05, 0.1) is 16.1 Å². The van der Waals surface area contributed by atoms with Crippen LogP contribution in [0.15, 0.2) is 24.3 Å². The number of phenolic OH excluding ortho intramolecular Hbond substituents is 1. The zero-order valence-electron chi connectivity index (χ0n) is 18.4. The molecule has 0 unspecified atom stereocenters. The van der Waals surface area contributed by atoms with E-state index in [1.807, 2.05) is 14.1 Å². The van der Waals surface area contributed by atoms with Gasteiger partial charge in [-0.2, -0.15) is 0 Å². The molecule has 1 heterocycles. The van der Waals surface area contributed by atoms with Crippen LogP contribution in [0.4, 0.5) is 4.39 Å². The van der Waals surface area contributed by atoms with Crippen molar-refractivity contribution in [1.82, 2.24) is 10.6 Å². The van der Waals surface area contributed by atoms with E-state index in [-0.39, 0.29) is 21.9 Å². The maximum absolute atomic E-state index is 13.7. The Morgan fingerprint density at radius 3 is 2.29 bits per heavy atom. The van der Waals surface area contributed by atoms with E-state index in [0.717, 1.165) is 13.2 Å². The minimum Gasteiger partial charge on any atom is -0.506 e. The van der Waals surface area contributed by atoms with Crippen LogP contribution in [0.3, 0.4) is 0 Å². The van der Waals surface area contributed by atoms with Crippen molar-refractivity contribution in [2.45, 2.75) is 26.2 Å². The van der Waals surface area contributed by atoms with Gasteiger partial charge in [-0.05, 0) is 75.2 Å². The number of nitrogens with one attached hydrogen (secondary N) is 2. The first-order valence-corrected chi connectivity index (χ1v) is 10.3. The molecule has 8 heteroatoms. The Morgan fingerprint density at radius 1 is 1.23 bits per heavy atom. The van der Waals surface area contributed by atoms with Crippen LogP contribution in [0.1, 0.15) is 50.2 Å². The lowest BCUT2D eigenvalue weighted by atomic mass is 9.96. The van der Waals surface area contributed by atoms with Crippen molar-refractivity contribution in [2.24, 2.45) is 0 Å². The second-order valence-corrected chi connectivity index (χ2v) is 7.30. The summed E-state index contributed by atoms with van der Waals surface area (Å²) in [7, 11) is 5.20. The average molecular weight is 453 g/mol. The first kappa shape index (κ1) is 26.6. The zero-order valence-corrected chi connectivity index (χ0v) is 19.1. The maximum Gasteiger partial charge on any atom is 0.254 e. The van der Waals surface area contributed by atoms with E-state index in [4.69, 9.17) is 16.3 Å². The number of benzene rings is 2. The number of hydrogen-bond acceptors (Lipinski definition) is 5. The van der Waals surface area contributed by atoms with Gasteiger partial charge in [0.15, 0.2) is 6.29 Å². The summed E-state index contributed by atoms with van der Waals surface area (Å²) >= 11 is 6.08. The van der Waals surface area contributed by atoms with E-state index >= 15 is 0 Å². The van der Waals surface area contributed by atoms with Crippen LogP contribution in [0.25, 0.3) is 0 Å². The number of aldehydes is 1. The predicted octanol–water partition coefficient (Wildman–Crippen LogP) is 3.89. The van der Waals surface area contributed by atoms with Gasteiger partial charge >= 0.3 is 0 Å². The molecule has 6 nitrogen and oxygen atoms in total. The molecule has 3 rings (SSSR count). The third kappa shape index (κ3) is 7.94. The first-order chi connectivity index (χ1) is 14.8. The van der Waals surface area contributed by atoms with Gasteiger partial charge in [0.1, 0.15) is 11.6 Å². The Hall–Kier alpha value is -2.48. The molecule has 1 aliphatic rings. The predicted molar refractivity (Wildman–Crippen MR) is 121 cm³/mol. The lowest BCUT2D eigenvalue weighted by Crippen LogP contribution is -2.18. The molecular formula is C23H30ClFN2O4. The number of halogens is 2. The molecule has 1 amide bonds. The number of phenols is 1. The summed E-state index contributed by atoms with van der Waals surface area (Å²) in [4.78, 5) is 22.5. The van der Waals surface area contributed by atoms with E-state index < -0.39 is 11.7 Å². The molecule has 0 aromatic heterocycles. The molecule has 0 aliphatic carbocycles. The van der Waals surface area contributed by atoms with Crippen LogP contribution in [-0.4, -0.2) is 51.7 Å². The normalized spacial score (nSPS) is 12.2. The fourth-order valence-corrected chi connectivity index (χ4v) is 3.01. The second kappa shape index (κ2) is 13.7. The number of hydrogen-bond donors (Lipinski definition) is 3. The van der Waals surface area contributed by atoms with Crippen molar-refractivity contribution in [2.75, 3.05) is 34.4 Å². The molecule has 2 aromatic carbocycles. The van der Waals surface area contributed by atoms with Crippen molar-refractivity contribution < 1.29 is 23.8 Å². The van der Waals surface area contributed by atoms with Gasteiger partial charge in [-0.15, -0.1) is 0 Å². The number of carbonyl (C=O) groups is 2. The first-order valence-electron chi connectivity index (χ1n) is 9.93. The monoisotopic (exact) mass is 452 g/mol. The highest BCUT2D eigenvalue weighted by atomic mass is 35.5. The molecule has 2 aromatic rings. The lowest BCUT2D eigenvalue weighted by molar-refractivity contribution is 0.0960. The number of rotatable bonds is 4. The molecule has 1 aliphatic heterocycles. The van der Waals surface area contributed by atoms with Gasteiger partial charge in [0.25, 0.3) is 5.91 Å². The average Bonchev–Trinajstić information content (AvgIpc) is 3.34. The summed E-state index contributed by atoms with van der Waals surface area (Å²) in [5.74, 6) is -1.35. The second-order valence-electron chi connectivity index (χ2n) is 6.92. The van der Waals surface area contributed by atoms with Crippen molar-refractivity contribution in [3.63, 3.8) is 0 Å². The molecule has 31 heavy (non-hydrogen) atoms. The van der Waals surface area contributed by atoms with Gasteiger partial charge in [0, 0.05) is 20.3 Å². The highest BCUT2D eigenvalue weighted by Crippen LogP contribution is 2.34. The quantitative estimate of drug-likeness (QED) is 0.612. The smallest absolute Gasteiger partial charge is 0.254 e. The van der Waals surface area contributed by atoms with E-state index in [2.05, 4.69) is 10.6 Å². The Labute approximate surface area is 187 Å². The van der Waals surface area contributed by atoms with Crippen molar-refractivity contribution in [1.29, 1.82) is 0 Å². The summed E-state index contributed by atoms with van der Waals surface area (Å²) in [5.41, 5.74) is 1.96. The fraction of sp³-hybridized carbons (Fsp3) is 0.391. The van der Waals surface area contributed by atoms with E-state index in [9.17, 15) is 19.1 Å². The lowest BCUT2D eigenvalue weighted by Gasteiger charge is -2.13. The van der Waals surface area contributed by atoms with Crippen LogP contribution in [0, 0.1) is 12.7 Å². The summed E-state index contributed by atoms with van der Waals surface area (Å²) in [5, 5.41) is 15.3. The van der Waals surface area contributed by atoms with Gasteiger partial charge in [-0.3, -0.25) is 9.59 Å². The summed E-state index contributed by atoms with van der Waals surface area (Å²) in [6.45, 7) is 3.71. The zero-order chi connectivity index (χ0) is 23.4. The number of aromatic hydroxyl groups is 1. The third-order valence-corrected chi connectivity index (χ3v) is 4.94. The topological polar surface area (TPSA) is 87.7 Å². The van der Waals surface area contributed by atoms with Crippen LogP contribution < -0.4 is 10.6 Å². The minimum absolute atomic E-state index is 0.0136. The maximum atomic E-state index is 13.7. The largest absolute Gasteiger partial charge is 0.506 e. The van der Waals surface area contributed by atoms with Gasteiger partial charge in [-0.1, -0.05) is 17.7 Å². The standard InChI is InChI=1S/C17H15ClFNO3.C4H8O.C2H7N/c1-9-12(5-10-3-4-11(8-21)14(19)6-10)7-13(17(23)20-2)16(22)15(9)18;1-2-4-5-3-1;1-3-2/h3-4,6-8,22H,5H2,1-2H3,(H,20,23);1-4H2;3H,1-2H3. The molecule has 0 radical (unpaired) electrons. The van der Waals surface area contributed by atoms with Crippen molar-refractivity contribution in [3.05, 3.63) is 62.9 Å². The highest BCUT2D eigenvalue weighted by molar-refractivity contribution is 6.33. The molecule has 0 saturated carbocycles. The van der Waals surface area contributed by atoms with E-state index in [1.54, 1.807) is 13.0 Å². The molecule has 0 atom stereocenters. The number of amides is 1. The molecular weight excluding hydrogens is 423 g/mol. The molecule has 1 fully saturated rings. The van der Waals surface area contributed by atoms with Gasteiger partial charge in [0.2, 0.25) is 0 Å². The molecule has 170 valence electrons. The van der Waals surface area contributed by atoms with Crippen LogP contribution in [0.5, 0.6) is 5.75 Å². The SMILES string of the molecule is C1CCOC1.CNC.CNC(=O)c1cc(Cc2ccc(C=O)c(F)c2)c(C)c(Cl)c1O. The van der Waals surface area contributed by atoms with Crippen LogP contribution >= 0.6 is 11.6 Å². The molecule has 0 spiro atoms. The van der Waals surface area contributed by atoms with Crippen LogP contribution in [-0.2, 0) is 11.2 Å². The third-order valence-electron chi connectivity index (χ3n) is 4.48. The number of carbonyl (C=O) groups excluding carboxylic acids is 2. The van der Waals surface area contributed by atoms with Crippen LogP contribution in [0.2, 0.25) is 5.02 Å². The Kier molecular flexibility index (Phi) is 11.8. The van der Waals surface area contributed by atoms with Crippen molar-refractivity contribution >= 4 is 23.8 Å². The van der Waals surface area contributed by atoms with Gasteiger partial charge in [-0.25, -0.2) is 4.39 Å². The fourth-order valence-electron chi connectivity index (χ4n) is 2.79. The molecule has 0 bridgehead atoms. The number of ether oxygens (including phenoxy) is 1. The van der Waals surface area contributed by atoms with Gasteiger partial charge < -0.3 is 20.5 Å². The van der Waals surface area contributed by atoms with E-state index in [1.165, 1.54) is 38.1 Å². The summed E-state index contributed by atoms with van der Waals surface area (Å²) in [6, 6.07) is 5.83.